The van der Waals surface area contributed by atoms with E-state index >= 15 is 0 Å². The lowest BCUT2D eigenvalue weighted by atomic mass is 10.2. The van der Waals surface area contributed by atoms with Gasteiger partial charge in [-0.2, -0.15) is 4.98 Å². The summed E-state index contributed by atoms with van der Waals surface area (Å²) in [5.41, 5.74) is 1.77. The van der Waals surface area contributed by atoms with Gasteiger partial charge < -0.3 is 18.7 Å². The number of ether oxygens (including phenoxy) is 3. The maximum Gasteiger partial charge on any atom is 0.258 e. The molecule has 2 aromatic heterocycles. The Kier molecular flexibility index (Phi) is 5.29. The first-order chi connectivity index (χ1) is 13.3. The maximum absolute atomic E-state index is 5.90. The van der Waals surface area contributed by atoms with Gasteiger partial charge in [-0.15, -0.1) is 0 Å². The molecule has 3 aromatic rings. The molecule has 1 aliphatic rings. The van der Waals surface area contributed by atoms with E-state index in [9.17, 15) is 0 Å². The highest BCUT2D eigenvalue weighted by Crippen LogP contribution is 2.34. The third-order valence-corrected chi connectivity index (χ3v) is 4.27. The minimum absolute atomic E-state index is 0.0732. The van der Waals surface area contributed by atoms with Gasteiger partial charge in [0.1, 0.15) is 12.7 Å². The van der Waals surface area contributed by atoms with Crippen molar-refractivity contribution >= 4 is 0 Å². The molecule has 7 nitrogen and oxygen atoms in total. The van der Waals surface area contributed by atoms with E-state index < -0.39 is 0 Å². The van der Waals surface area contributed by atoms with Gasteiger partial charge in [0.2, 0.25) is 5.82 Å². The van der Waals surface area contributed by atoms with Gasteiger partial charge in [-0.3, -0.25) is 4.98 Å². The Morgan fingerprint density at radius 2 is 2.15 bits per heavy atom. The highest BCUT2D eigenvalue weighted by molar-refractivity contribution is 5.59. The maximum atomic E-state index is 5.90. The third-order valence-electron chi connectivity index (χ3n) is 4.27. The highest BCUT2D eigenvalue weighted by Gasteiger charge is 2.24. The molecule has 0 saturated carbocycles. The van der Waals surface area contributed by atoms with Crippen molar-refractivity contribution in [1.29, 1.82) is 0 Å². The van der Waals surface area contributed by atoms with Crippen LogP contribution in [-0.4, -0.2) is 28.3 Å². The van der Waals surface area contributed by atoms with Crippen LogP contribution in [0.3, 0.4) is 0 Å². The molecule has 0 amide bonds. The summed E-state index contributed by atoms with van der Waals surface area (Å²) in [4.78, 5) is 8.57. The van der Waals surface area contributed by atoms with Crippen LogP contribution >= 0.6 is 0 Å². The summed E-state index contributed by atoms with van der Waals surface area (Å²) in [5.74, 6) is 2.33. The summed E-state index contributed by atoms with van der Waals surface area (Å²) < 4.78 is 22.7. The van der Waals surface area contributed by atoms with Crippen LogP contribution in [0.4, 0.5) is 0 Å². The lowest BCUT2D eigenvalue weighted by Crippen LogP contribution is -2.00. The Hall–Kier alpha value is -2.93. The Balaban J connectivity index is 1.53. The highest BCUT2D eigenvalue weighted by atomic mass is 16.5. The molecule has 1 aliphatic heterocycles. The normalized spacial score (nSPS) is 16.4. The molecule has 3 heterocycles. The van der Waals surface area contributed by atoms with Crippen LogP contribution < -0.4 is 9.47 Å². The number of pyridine rings is 1. The van der Waals surface area contributed by atoms with Crippen molar-refractivity contribution in [2.75, 3.05) is 13.2 Å². The molecule has 1 unspecified atom stereocenters. The Morgan fingerprint density at radius 1 is 1.19 bits per heavy atom. The smallest absolute Gasteiger partial charge is 0.258 e. The molecule has 0 aliphatic carbocycles. The Morgan fingerprint density at radius 3 is 2.93 bits per heavy atom. The van der Waals surface area contributed by atoms with Gasteiger partial charge in [0.15, 0.2) is 11.5 Å². The molecule has 1 saturated heterocycles. The SMILES string of the molecule is CCOc1cc(-c2nc(C3CCCO3)no2)ccc1OCc1cccnc1. The van der Waals surface area contributed by atoms with Crippen molar-refractivity contribution in [2.45, 2.75) is 32.5 Å². The molecule has 27 heavy (non-hydrogen) atoms. The van der Waals surface area contributed by atoms with E-state index in [1.165, 1.54) is 0 Å². The number of nitrogens with zero attached hydrogens (tertiary/aromatic N) is 3. The van der Waals surface area contributed by atoms with Gasteiger partial charge in [0, 0.05) is 30.1 Å². The predicted molar refractivity (Wildman–Crippen MR) is 97.4 cm³/mol. The molecular formula is C20H21N3O4. The first kappa shape index (κ1) is 17.5. The van der Waals surface area contributed by atoms with Crippen molar-refractivity contribution in [2.24, 2.45) is 0 Å². The third kappa shape index (κ3) is 4.09. The lowest BCUT2D eigenvalue weighted by molar-refractivity contribution is 0.103. The molecule has 0 bridgehead atoms. The van der Waals surface area contributed by atoms with Crippen molar-refractivity contribution in [3.63, 3.8) is 0 Å². The van der Waals surface area contributed by atoms with Crippen LogP contribution in [-0.2, 0) is 11.3 Å². The number of rotatable bonds is 7. The summed E-state index contributed by atoms with van der Waals surface area (Å²) in [6.45, 7) is 3.61. The van der Waals surface area contributed by atoms with E-state index in [0.29, 0.717) is 36.4 Å². The van der Waals surface area contributed by atoms with Crippen molar-refractivity contribution in [3.05, 3.63) is 54.1 Å². The fraction of sp³-hybridized carbons (Fsp3) is 0.350. The standard InChI is InChI=1S/C20H21N3O4/c1-2-24-18-11-15(20-22-19(23-27-20)17-6-4-10-25-17)7-8-16(18)26-13-14-5-3-9-21-12-14/h3,5,7-9,11-12,17H,2,4,6,10,13H2,1H3. The fourth-order valence-corrected chi connectivity index (χ4v) is 2.94. The van der Waals surface area contributed by atoms with Crippen molar-refractivity contribution in [1.82, 2.24) is 15.1 Å². The molecule has 0 radical (unpaired) electrons. The predicted octanol–water partition coefficient (Wildman–Crippen LogP) is 3.96. The summed E-state index contributed by atoms with van der Waals surface area (Å²) in [6, 6.07) is 9.44. The van der Waals surface area contributed by atoms with Gasteiger partial charge in [0.05, 0.1) is 6.61 Å². The molecule has 1 aromatic carbocycles. The molecule has 0 N–H and O–H groups in total. The quantitative estimate of drug-likeness (QED) is 0.625. The topological polar surface area (TPSA) is 79.5 Å². The van der Waals surface area contributed by atoms with Crippen molar-refractivity contribution in [3.8, 4) is 23.0 Å². The Labute approximate surface area is 157 Å². The zero-order valence-electron chi connectivity index (χ0n) is 15.1. The fourth-order valence-electron chi connectivity index (χ4n) is 2.94. The van der Waals surface area contributed by atoms with Gasteiger partial charge in [0.25, 0.3) is 5.89 Å². The molecule has 7 heteroatoms. The second-order valence-electron chi connectivity index (χ2n) is 6.20. The van der Waals surface area contributed by atoms with E-state index in [4.69, 9.17) is 18.7 Å². The summed E-state index contributed by atoms with van der Waals surface area (Å²) in [7, 11) is 0. The second kappa shape index (κ2) is 8.18. The van der Waals surface area contributed by atoms with Crippen LogP contribution in [0.25, 0.3) is 11.5 Å². The molecule has 4 rings (SSSR count). The van der Waals surface area contributed by atoms with Gasteiger partial charge in [-0.1, -0.05) is 11.2 Å². The Bertz CT molecular complexity index is 876. The van der Waals surface area contributed by atoms with E-state index in [1.807, 2.05) is 37.3 Å². The van der Waals surface area contributed by atoms with Gasteiger partial charge >= 0.3 is 0 Å². The average molecular weight is 367 g/mol. The second-order valence-corrected chi connectivity index (χ2v) is 6.20. The number of hydrogen-bond acceptors (Lipinski definition) is 7. The summed E-state index contributed by atoms with van der Waals surface area (Å²) in [6.07, 6.45) is 5.38. The van der Waals surface area contributed by atoms with Crippen LogP contribution in [0.5, 0.6) is 11.5 Å². The van der Waals surface area contributed by atoms with E-state index in [2.05, 4.69) is 15.1 Å². The zero-order chi connectivity index (χ0) is 18.5. The average Bonchev–Trinajstić information content (AvgIpc) is 3.40. The monoisotopic (exact) mass is 367 g/mol. The zero-order valence-corrected chi connectivity index (χ0v) is 15.1. The minimum Gasteiger partial charge on any atom is -0.490 e. The lowest BCUT2D eigenvalue weighted by Gasteiger charge is -2.12. The summed E-state index contributed by atoms with van der Waals surface area (Å²) >= 11 is 0. The minimum atomic E-state index is -0.0732. The molecular weight excluding hydrogens is 346 g/mol. The number of aromatic nitrogens is 3. The van der Waals surface area contributed by atoms with Crippen LogP contribution in [0, 0.1) is 0 Å². The largest absolute Gasteiger partial charge is 0.490 e. The summed E-state index contributed by atoms with van der Waals surface area (Å²) in [5, 5.41) is 4.06. The van der Waals surface area contributed by atoms with E-state index in [1.54, 1.807) is 12.4 Å². The van der Waals surface area contributed by atoms with Gasteiger partial charge in [-0.05, 0) is 44.0 Å². The first-order valence-corrected chi connectivity index (χ1v) is 9.07. The number of hydrogen-bond donors (Lipinski definition) is 0. The van der Waals surface area contributed by atoms with Crippen LogP contribution in [0.1, 0.15) is 37.3 Å². The van der Waals surface area contributed by atoms with Crippen LogP contribution in [0.2, 0.25) is 0 Å². The van der Waals surface area contributed by atoms with Gasteiger partial charge in [-0.25, -0.2) is 0 Å². The van der Waals surface area contributed by atoms with Crippen LogP contribution in [0.15, 0.2) is 47.2 Å². The van der Waals surface area contributed by atoms with E-state index in [0.717, 1.165) is 30.6 Å². The molecule has 140 valence electrons. The van der Waals surface area contributed by atoms with Crippen molar-refractivity contribution < 1.29 is 18.7 Å². The molecule has 0 spiro atoms. The molecule has 1 atom stereocenters. The van der Waals surface area contributed by atoms with E-state index in [-0.39, 0.29) is 6.10 Å². The molecule has 1 fully saturated rings. The number of benzene rings is 1. The first-order valence-electron chi connectivity index (χ1n) is 9.07.